The molecule has 4 nitrogen and oxygen atoms in total. The molecule has 0 aliphatic carbocycles. The highest BCUT2D eigenvalue weighted by Crippen LogP contribution is 2.18. The van der Waals surface area contributed by atoms with E-state index in [0.29, 0.717) is 11.3 Å². The van der Waals surface area contributed by atoms with Crippen molar-refractivity contribution >= 4 is 17.6 Å². The molecule has 0 aliphatic rings. The number of hydrogen-bond acceptors (Lipinski definition) is 3. The van der Waals surface area contributed by atoms with Gasteiger partial charge >= 0.3 is 5.97 Å². The van der Waals surface area contributed by atoms with E-state index in [9.17, 15) is 14.0 Å². The molecule has 0 fully saturated rings. The highest BCUT2D eigenvalue weighted by molar-refractivity contribution is 6.04. The summed E-state index contributed by atoms with van der Waals surface area (Å²) in [5.41, 5.74) is 0.959. The van der Waals surface area contributed by atoms with Crippen LogP contribution < -0.4 is 10.1 Å². The lowest BCUT2D eigenvalue weighted by molar-refractivity contribution is 0.0729. The number of rotatable bonds is 4. The molecule has 0 unspecified atom stereocenters. The summed E-state index contributed by atoms with van der Waals surface area (Å²) in [5, 5.41) is 2.74. The lowest BCUT2D eigenvalue weighted by Gasteiger charge is -2.08. The van der Waals surface area contributed by atoms with Gasteiger partial charge in [-0.2, -0.15) is 0 Å². The number of carbonyl (C=O) groups is 2. The molecule has 3 aromatic rings. The quantitative estimate of drug-likeness (QED) is 0.571. The first-order valence-corrected chi connectivity index (χ1v) is 7.56. The van der Waals surface area contributed by atoms with Gasteiger partial charge in [0.05, 0.1) is 5.56 Å². The third kappa shape index (κ3) is 4.09. The number of amides is 1. The maximum absolute atomic E-state index is 13.6. The van der Waals surface area contributed by atoms with E-state index < -0.39 is 11.8 Å². The highest BCUT2D eigenvalue weighted by Gasteiger charge is 2.13. The SMILES string of the molecule is O=C(Nc1ccc(OC(=O)c2ccccc2F)cc1)c1ccccc1. The van der Waals surface area contributed by atoms with Gasteiger partial charge in [-0.25, -0.2) is 9.18 Å². The Morgan fingerprint density at radius 1 is 0.800 bits per heavy atom. The number of esters is 1. The lowest BCUT2D eigenvalue weighted by atomic mass is 10.2. The molecule has 0 saturated carbocycles. The van der Waals surface area contributed by atoms with E-state index in [2.05, 4.69) is 5.32 Å². The molecule has 0 aliphatic heterocycles. The first-order chi connectivity index (χ1) is 12.1. The molecule has 1 N–H and O–H groups in total. The van der Waals surface area contributed by atoms with Crippen LogP contribution in [0.15, 0.2) is 78.9 Å². The van der Waals surface area contributed by atoms with Crippen molar-refractivity contribution in [2.24, 2.45) is 0 Å². The largest absolute Gasteiger partial charge is 0.423 e. The van der Waals surface area contributed by atoms with E-state index in [4.69, 9.17) is 4.74 Å². The van der Waals surface area contributed by atoms with E-state index in [1.807, 2.05) is 6.07 Å². The number of nitrogens with one attached hydrogen (secondary N) is 1. The molecule has 0 atom stereocenters. The van der Waals surface area contributed by atoms with E-state index in [1.54, 1.807) is 42.5 Å². The Hall–Kier alpha value is -3.47. The minimum atomic E-state index is -0.779. The third-order valence-corrected chi connectivity index (χ3v) is 3.45. The van der Waals surface area contributed by atoms with Gasteiger partial charge in [0.1, 0.15) is 11.6 Å². The monoisotopic (exact) mass is 335 g/mol. The summed E-state index contributed by atoms with van der Waals surface area (Å²) < 4.78 is 18.7. The van der Waals surface area contributed by atoms with Gasteiger partial charge in [0.2, 0.25) is 0 Å². The van der Waals surface area contributed by atoms with Crippen LogP contribution in [-0.4, -0.2) is 11.9 Å². The Kier molecular flexibility index (Phi) is 4.85. The molecule has 0 heterocycles. The summed E-state index contributed by atoms with van der Waals surface area (Å²) in [5.74, 6) is -1.40. The molecular formula is C20H14FNO3. The van der Waals surface area contributed by atoms with Gasteiger partial charge < -0.3 is 10.1 Å². The van der Waals surface area contributed by atoms with Crippen molar-refractivity contribution in [3.05, 3.63) is 95.8 Å². The molecule has 0 bridgehead atoms. The van der Waals surface area contributed by atoms with Crippen LogP contribution in [0.1, 0.15) is 20.7 Å². The zero-order valence-corrected chi connectivity index (χ0v) is 13.1. The number of carbonyl (C=O) groups excluding carboxylic acids is 2. The topological polar surface area (TPSA) is 55.4 Å². The molecule has 0 radical (unpaired) electrons. The maximum Gasteiger partial charge on any atom is 0.346 e. The average molecular weight is 335 g/mol. The predicted molar refractivity (Wildman–Crippen MR) is 92.2 cm³/mol. The fourth-order valence-corrected chi connectivity index (χ4v) is 2.19. The molecule has 3 aromatic carbocycles. The van der Waals surface area contributed by atoms with Crippen molar-refractivity contribution in [3.8, 4) is 5.75 Å². The summed E-state index contributed by atoms with van der Waals surface area (Å²) in [6.45, 7) is 0. The van der Waals surface area contributed by atoms with Crippen molar-refractivity contribution in [2.75, 3.05) is 5.32 Å². The van der Waals surface area contributed by atoms with Crippen molar-refractivity contribution in [3.63, 3.8) is 0 Å². The van der Waals surface area contributed by atoms with Gasteiger partial charge in [-0.1, -0.05) is 30.3 Å². The van der Waals surface area contributed by atoms with Gasteiger partial charge in [0, 0.05) is 11.3 Å². The summed E-state index contributed by atoms with van der Waals surface area (Å²) in [6.07, 6.45) is 0. The molecular weight excluding hydrogens is 321 g/mol. The average Bonchev–Trinajstić information content (AvgIpc) is 2.64. The molecule has 0 spiro atoms. The second-order valence-corrected chi connectivity index (χ2v) is 5.21. The first-order valence-electron chi connectivity index (χ1n) is 7.56. The van der Waals surface area contributed by atoms with Crippen LogP contribution in [0.3, 0.4) is 0 Å². The Balaban J connectivity index is 1.65. The molecule has 3 rings (SSSR count). The molecule has 5 heteroatoms. The van der Waals surface area contributed by atoms with E-state index in [0.717, 1.165) is 0 Å². The Labute approximate surface area is 143 Å². The van der Waals surface area contributed by atoms with E-state index in [-0.39, 0.29) is 17.2 Å². The fraction of sp³-hybridized carbons (Fsp3) is 0. The van der Waals surface area contributed by atoms with Crippen LogP contribution in [0.4, 0.5) is 10.1 Å². The van der Waals surface area contributed by atoms with Crippen LogP contribution >= 0.6 is 0 Å². The Morgan fingerprint density at radius 2 is 1.44 bits per heavy atom. The predicted octanol–water partition coefficient (Wildman–Crippen LogP) is 4.30. The van der Waals surface area contributed by atoms with E-state index in [1.165, 1.54) is 30.3 Å². The normalized spacial score (nSPS) is 10.1. The van der Waals surface area contributed by atoms with Crippen LogP contribution in [0.2, 0.25) is 0 Å². The van der Waals surface area contributed by atoms with Crippen molar-refractivity contribution in [2.45, 2.75) is 0 Å². The van der Waals surface area contributed by atoms with Gasteiger partial charge in [-0.05, 0) is 48.5 Å². The number of anilines is 1. The first kappa shape index (κ1) is 16.4. The molecule has 0 aromatic heterocycles. The molecule has 0 saturated heterocycles. The number of benzene rings is 3. The smallest absolute Gasteiger partial charge is 0.346 e. The number of ether oxygens (including phenoxy) is 1. The van der Waals surface area contributed by atoms with Crippen LogP contribution in [0.25, 0.3) is 0 Å². The van der Waals surface area contributed by atoms with Crippen molar-refractivity contribution < 1.29 is 18.7 Å². The second kappa shape index (κ2) is 7.40. The zero-order chi connectivity index (χ0) is 17.6. The van der Waals surface area contributed by atoms with Gasteiger partial charge in [-0.15, -0.1) is 0 Å². The zero-order valence-electron chi connectivity index (χ0n) is 13.1. The third-order valence-electron chi connectivity index (χ3n) is 3.45. The summed E-state index contributed by atoms with van der Waals surface area (Å²) >= 11 is 0. The standard InChI is InChI=1S/C20H14FNO3/c21-18-9-5-4-8-17(18)20(24)25-16-12-10-15(11-13-16)22-19(23)14-6-2-1-3-7-14/h1-13H,(H,22,23). The maximum atomic E-state index is 13.6. The molecule has 25 heavy (non-hydrogen) atoms. The molecule has 1 amide bonds. The highest BCUT2D eigenvalue weighted by atomic mass is 19.1. The summed E-state index contributed by atoms with van der Waals surface area (Å²) in [6, 6.07) is 20.7. The van der Waals surface area contributed by atoms with Gasteiger partial charge in [-0.3, -0.25) is 4.79 Å². The summed E-state index contributed by atoms with van der Waals surface area (Å²) in [7, 11) is 0. The van der Waals surface area contributed by atoms with Gasteiger partial charge in [0.25, 0.3) is 5.91 Å². The number of hydrogen-bond donors (Lipinski definition) is 1. The van der Waals surface area contributed by atoms with Crippen molar-refractivity contribution in [1.82, 2.24) is 0 Å². The minimum Gasteiger partial charge on any atom is -0.423 e. The van der Waals surface area contributed by atoms with Crippen LogP contribution in [0.5, 0.6) is 5.75 Å². The Bertz CT molecular complexity index is 892. The lowest BCUT2D eigenvalue weighted by Crippen LogP contribution is -2.12. The van der Waals surface area contributed by atoms with Crippen LogP contribution in [-0.2, 0) is 0 Å². The fourth-order valence-electron chi connectivity index (χ4n) is 2.19. The summed E-state index contributed by atoms with van der Waals surface area (Å²) in [4.78, 5) is 24.0. The van der Waals surface area contributed by atoms with E-state index >= 15 is 0 Å². The van der Waals surface area contributed by atoms with Crippen molar-refractivity contribution in [1.29, 1.82) is 0 Å². The van der Waals surface area contributed by atoms with Gasteiger partial charge in [0.15, 0.2) is 0 Å². The second-order valence-electron chi connectivity index (χ2n) is 5.21. The Morgan fingerprint density at radius 3 is 2.12 bits per heavy atom. The van der Waals surface area contributed by atoms with Crippen LogP contribution in [0, 0.1) is 5.82 Å². The minimum absolute atomic E-state index is 0.135. The number of halogens is 1. The molecule has 124 valence electrons.